The second kappa shape index (κ2) is 7.40. The molecule has 1 aliphatic rings. The molecule has 3 rings (SSSR count). The third-order valence-electron chi connectivity index (χ3n) is 4.82. The smallest absolute Gasteiger partial charge is 0.254 e. The molecule has 0 aliphatic carbocycles. The van der Waals surface area contributed by atoms with Crippen molar-refractivity contribution in [3.8, 4) is 0 Å². The van der Waals surface area contributed by atoms with Crippen LogP contribution in [0.4, 0.5) is 0 Å². The maximum absolute atomic E-state index is 12.6. The highest BCUT2D eigenvalue weighted by molar-refractivity contribution is 6.31. The molecule has 1 N–H and O–H groups in total. The molecular weight excluding hydrogens is 338 g/mol. The lowest BCUT2D eigenvalue weighted by atomic mass is 9.98. The van der Waals surface area contributed by atoms with Gasteiger partial charge in [0.25, 0.3) is 5.56 Å². The SMILES string of the molecule is CCc1nc(C)c(CC(=O)N2CC[C@H](c3ccccc3Cl)C2)c(=O)[nH]1. The molecule has 0 unspecified atom stereocenters. The monoisotopic (exact) mass is 359 g/mol. The zero-order valence-corrected chi connectivity index (χ0v) is 15.3. The van der Waals surface area contributed by atoms with Gasteiger partial charge in [-0.25, -0.2) is 4.98 Å². The van der Waals surface area contributed by atoms with Crippen molar-refractivity contribution in [2.75, 3.05) is 13.1 Å². The summed E-state index contributed by atoms with van der Waals surface area (Å²) < 4.78 is 0. The normalized spacial score (nSPS) is 17.1. The molecule has 1 aromatic heterocycles. The summed E-state index contributed by atoms with van der Waals surface area (Å²) in [6.07, 6.45) is 1.64. The maximum atomic E-state index is 12.6. The van der Waals surface area contributed by atoms with E-state index < -0.39 is 0 Å². The fourth-order valence-electron chi connectivity index (χ4n) is 3.35. The Morgan fingerprint density at radius 1 is 1.40 bits per heavy atom. The number of nitrogens with zero attached hydrogens (tertiary/aromatic N) is 2. The van der Waals surface area contributed by atoms with Gasteiger partial charge in [0.05, 0.1) is 6.42 Å². The number of carbonyl (C=O) groups excluding carboxylic acids is 1. The molecule has 1 saturated heterocycles. The fourth-order valence-corrected chi connectivity index (χ4v) is 3.64. The van der Waals surface area contributed by atoms with Crippen molar-refractivity contribution in [2.45, 2.75) is 39.0 Å². The topological polar surface area (TPSA) is 66.1 Å². The lowest BCUT2D eigenvalue weighted by molar-refractivity contribution is -0.129. The number of amides is 1. The van der Waals surface area contributed by atoms with E-state index in [1.54, 1.807) is 6.92 Å². The van der Waals surface area contributed by atoms with Crippen LogP contribution in [0.3, 0.4) is 0 Å². The van der Waals surface area contributed by atoms with Crippen LogP contribution < -0.4 is 5.56 Å². The van der Waals surface area contributed by atoms with E-state index in [4.69, 9.17) is 11.6 Å². The molecule has 1 aromatic carbocycles. The fraction of sp³-hybridized carbons (Fsp3) is 0.421. The number of benzene rings is 1. The minimum absolute atomic E-state index is 0.0331. The van der Waals surface area contributed by atoms with E-state index in [0.717, 1.165) is 17.0 Å². The average molecular weight is 360 g/mol. The second-order valence-electron chi connectivity index (χ2n) is 6.45. The van der Waals surface area contributed by atoms with Gasteiger partial charge < -0.3 is 9.88 Å². The standard InChI is InChI=1S/C19H22ClN3O2/c1-3-17-21-12(2)15(19(25)22-17)10-18(24)23-9-8-13(11-23)14-6-4-5-7-16(14)20/h4-7,13H,3,8-11H2,1-2H3,(H,21,22,25)/t13-/m0/s1. The Labute approximate surface area is 152 Å². The van der Waals surface area contributed by atoms with E-state index in [9.17, 15) is 9.59 Å². The van der Waals surface area contributed by atoms with E-state index in [2.05, 4.69) is 9.97 Å². The Balaban J connectivity index is 1.71. The van der Waals surface area contributed by atoms with Crippen LogP contribution in [-0.4, -0.2) is 33.9 Å². The Hall–Kier alpha value is -2.14. The van der Waals surface area contributed by atoms with Gasteiger partial charge in [0.15, 0.2) is 0 Å². The summed E-state index contributed by atoms with van der Waals surface area (Å²) in [6, 6.07) is 7.77. The van der Waals surface area contributed by atoms with Gasteiger partial charge in [0.2, 0.25) is 5.91 Å². The van der Waals surface area contributed by atoms with Gasteiger partial charge in [-0.1, -0.05) is 36.7 Å². The van der Waals surface area contributed by atoms with Crippen LogP contribution in [0.2, 0.25) is 5.02 Å². The summed E-state index contributed by atoms with van der Waals surface area (Å²) in [4.78, 5) is 33.8. The molecule has 0 spiro atoms. The molecule has 132 valence electrons. The minimum atomic E-state index is -0.209. The van der Waals surface area contributed by atoms with E-state index in [-0.39, 0.29) is 23.8 Å². The first kappa shape index (κ1) is 17.7. The van der Waals surface area contributed by atoms with Crippen molar-refractivity contribution in [3.63, 3.8) is 0 Å². The first-order valence-electron chi connectivity index (χ1n) is 8.60. The molecule has 0 radical (unpaired) electrons. The van der Waals surface area contributed by atoms with Crippen LogP contribution in [-0.2, 0) is 17.6 Å². The second-order valence-corrected chi connectivity index (χ2v) is 6.86. The minimum Gasteiger partial charge on any atom is -0.342 e. The first-order chi connectivity index (χ1) is 12.0. The van der Waals surface area contributed by atoms with Crippen LogP contribution in [0.25, 0.3) is 0 Å². The number of hydrogen-bond acceptors (Lipinski definition) is 3. The molecular formula is C19H22ClN3O2. The highest BCUT2D eigenvalue weighted by Gasteiger charge is 2.29. The Morgan fingerprint density at radius 3 is 2.84 bits per heavy atom. The maximum Gasteiger partial charge on any atom is 0.254 e. The van der Waals surface area contributed by atoms with E-state index in [0.29, 0.717) is 36.6 Å². The predicted octanol–water partition coefficient (Wildman–Crippen LogP) is 2.85. The summed E-state index contributed by atoms with van der Waals surface area (Å²) in [5, 5.41) is 0.744. The molecule has 0 bridgehead atoms. The van der Waals surface area contributed by atoms with Crippen molar-refractivity contribution in [1.29, 1.82) is 0 Å². The van der Waals surface area contributed by atoms with Crippen molar-refractivity contribution in [2.24, 2.45) is 0 Å². The van der Waals surface area contributed by atoms with Gasteiger partial charge in [-0.15, -0.1) is 0 Å². The number of halogens is 1. The number of likely N-dealkylation sites (tertiary alicyclic amines) is 1. The summed E-state index contributed by atoms with van der Waals surface area (Å²) in [6.45, 7) is 5.04. The number of aromatic amines is 1. The zero-order chi connectivity index (χ0) is 18.0. The van der Waals surface area contributed by atoms with E-state index in [1.807, 2.05) is 36.1 Å². The van der Waals surface area contributed by atoms with Crippen molar-refractivity contribution in [1.82, 2.24) is 14.9 Å². The van der Waals surface area contributed by atoms with Crippen LogP contribution in [0, 0.1) is 6.92 Å². The van der Waals surface area contributed by atoms with Crippen LogP contribution in [0.5, 0.6) is 0 Å². The van der Waals surface area contributed by atoms with Crippen LogP contribution in [0.15, 0.2) is 29.1 Å². The highest BCUT2D eigenvalue weighted by Crippen LogP contribution is 2.32. The number of aryl methyl sites for hydroxylation is 2. The van der Waals surface area contributed by atoms with E-state index in [1.165, 1.54) is 0 Å². The zero-order valence-electron chi connectivity index (χ0n) is 14.5. The average Bonchev–Trinajstić information content (AvgIpc) is 3.08. The Morgan fingerprint density at radius 2 is 2.16 bits per heavy atom. The van der Waals surface area contributed by atoms with Crippen LogP contribution >= 0.6 is 11.6 Å². The quantitative estimate of drug-likeness (QED) is 0.912. The summed E-state index contributed by atoms with van der Waals surface area (Å²) in [7, 11) is 0. The molecule has 0 saturated carbocycles. The number of hydrogen-bond donors (Lipinski definition) is 1. The van der Waals surface area contributed by atoms with Crippen molar-refractivity contribution in [3.05, 3.63) is 62.3 Å². The van der Waals surface area contributed by atoms with Gasteiger partial charge in [-0.3, -0.25) is 9.59 Å². The summed E-state index contributed by atoms with van der Waals surface area (Å²) in [5.74, 6) is 0.866. The van der Waals surface area contributed by atoms with Crippen LogP contribution in [0.1, 0.15) is 41.9 Å². The molecule has 2 aromatic rings. The van der Waals surface area contributed by atoms with Gasteiger partial charge in [0.1, 0.15) is 5.82 Å². The molecule has 1 aliphatic heterocycles. The molecule has 2 heterocycles. The summed E-state index contributed by atoms with van der Waals surface area (Å²) >= 11 is 6.27. The molecule has 25 heavy (non-hydrogen) atoms. The Kier molecular flexibility index (Phi) is 5.23. The molecule has 1 atom stereocenters. The third-order valence-corrected chi connectivity index (χ3v) is 5.16. The van der Waals surface area contributed by atoms with E-state index >= 15 is 0 Å². The molecule has 6 heteroatoms. The number of nitrogens with one attached hydrogen (secondary N) is 1. The third kappa shape index (κ3) is 3.76. The van der Waals surface area contributed by atoms with Gasteiger partial charge >= 0.3 is 0 Å². The van der Waals surface area contributed by atoms with Gasteiger partial charge in [-0.2, -0.15) is 0 Å². The van der Waals surface area contributed by atoms with Crippen molar-refractivity contribution >= 4 is 17.5 Å². The summed E-state index contributed by atoms with van der Waals surface area (Å²) in [5.41, 5.74) is 1.97. The number of carbonyl (C=O) groups is 1. The lowest BCUT2D eigenvalue weighted by Crippen LogP contribution is -2.32. The molecule has 1 amide bonds. The highest BCUT2D eigenvalue weighted by atomic mass is 35.5. The number of H-pyrrole nitrogens is 1. The van der Waals surface area contributed by atoms with Gasteiger partial charge in [-0.05, 0) is 25.0 Å². The molecule has 1 fully saturated rings. The first-order valence-corrected chi connectivity index (χ1v) is 8.98. The predicted molar refractivity (Wildman–Crippen MR) is 98.1 cm³/mol. The number of rotatable bonds is 4. The lowest BCUT2D eigenvalue weighted by Gasteiger charge is -2.17. The molecule has 5 nitrogen and oxygen atoms in total. The largest absolute Gasteiger partial charge is 0.342 e. The Bertz CT molecular complexity index is 847. The number of aromatic nitrogens is 2. The van der Waals surface area contributed by atoms with Crippen molar-refractivity contribution < 1.29 is 4.79 Å². The van der Waals surface area contributed by atoms with Gasteiger partial charge in [0, 0.05) is 41.7 Å².